The summed E-state index contributed by atoms with van der Waals surface area (Å²) < 4.78 is 9.80. The first-order valence-corrected chi connectivity index (χ1v) is 6.75. The predicted octanol–water partition coefficient (Wildman–Crippen LogP) is 1.34. The molecule has 20 heavy (non-hydrogen) atoms. The van der Waals surface area contributed by atoms with Crippen LogP contribution in [0.15, 0.2) is 12.2 Å². The van der Waals surface area contributed by atoms with E-state index in [2.05, 4.69) is 5.32 Å². The molecule has 0 aromatic heterocycles. The van der Waals surface area contributed by atoms with Crippen molar-refractivity contribution in [1.82, 2.24) is 5.32 Å². The van der Waals surface area contributed by atoms with E-state index in [0.29, 0.717) is 6.42 Å². The van der Waals surface area contributed by atoms with Crippen LogP contribution in [-0.4, -0.2) is 36.6 Å². The smallest absolute Gasteiger partial charge is 0.347 e. The van der Waals surface area contributed by atoms with Gasteiger partial charge in [-0.25, -0.2) is 9.59 Å². The molecule has 0 saturated carbocycles. The van der Waals surface area contributed by atoms with E-state index in [0.717, 1.165) is 6.42 Å². The number of nitrogens with one attached hydrogen (secondary N) is 1. The maximum atomic E-state index is 12.1. The Labute approximate surface area is 119 Å². The molecule has 0 spiro atoms. The van der Waals surface area contributed by atoms with E-state index >= 15 is 0 Å². The minimum Gasteiger partial charge on any atom is -0.464 e. The van der Waals surface area contributed by atoms with Gasteiger partial charge >= 0.3 is 11.9 Å². The van der Waals surface area contributed by atoms with Crippen LogP contribution >= 0.6 is 0 Å². The van der Waals surface area contributed by atoms with E-state index in [-0.39, 0.29) is 13.2 Å². The highest BCUT2D eigenvalue weighted by atomic mass is 16.6. The van der Waals surface area contributed by atoms with Crippen LogP contribution < -0.4 is 5.32 Å². The second-order valence-electron chi connectivity index (χ2n) is 4.12. The molecule has 0 saturated heterocycles. The third kappa shape index (κ3) is 5.03. The molecule has 0 unspecified atom stereocenters. The van der Waals surface area contributed by atoms with Gasteiger partial charge in [-0.1, -0.05) is 19.4 Å². The number of ether oxygens (including phenoxy) is 2. The van der Waals surface area contributed by atoms with E-state index in [4.69, 9.17) is 9.47 Å². The fourth-order valence-corrected chi connectivity index (χ4v) is 1.56. The van der Waals surface area contributed by atoms with Gasteiger partial charge in [0, 0.05) is 6.92 Å². The molecule has 1 amide bonds. The largest absolute Gasteiger partial charge is 0.464 e. The molecule has 0 fully saturated rings. The van der Waals surface area contributed by atoms with Crippen molar-refractivity contribution < 1.29 is 23.9 Å². The topological polar surface area (TPSA) is 81.7 Å². The van der Waals surface area contributed by atoms with E-state index in [1.165, 1.54) is 13.0 Å². The summed E-state index contributed by atoms with van der Waals surface area (Å²) in [6.07, 6.45) is 4.51. The van der Waals surface area contributed by atoms with Gasteiger partial charge < -0.3 is 14.8 Å². The Balaban J connectivity index is 5.54. The van der Waals surface area contributed by atoms with Gasteiger partial charge in [-0.3, -0.25) is 4.79 Å². The van der Waals surface area contributed by atoms with Crippen LogP contribution in [0.25, 0.3) is 0 Å². The third-order valence-electron chi connectivity index (χ3n) is 2.39. The van der Waals surface area contributed by atoms with Crippen molar-refractivity contribution in [2.45, 2.75) is 46.1 Å². The van der Waals surface area contributed by atoms with Gasteiger partial charge in [0.1, 0.15) is 0 Å². The molecule has 0 radical (unpaired) electrons. The summed E-state index contributed by atoms with van der Waals surface area (Å²) in [5.41, 5.74) is -1.91. The summed E-state index contributed by atoms with van der Waals surface area (Å²) in [4.78, 5) is 35.6. The van der Waals surface area contributed by atoms with Gasteiger partial charge in [0.05, 0.1) is 13.2 Å². The maximum Gasteiger partial charge on any atom is 0.347 e. The number of unbranched alkanes of at least 4 members (excludes halogenated alkanes) is 1. The number of carbonyl (C=O) groups is 3. The van der Waals surface area contributed by atoms with Gasteiger partial charge in [0.2, 0.25) is 5.91 Å². The zero-order valence-electron chi connectivity index (χ0n) is 12.5. The average molecular weight is 285 g/mol. The molecular formula is C14H23NO5. The second kappa shape index (κ2) is 9.12. The lowest BCUT2D eigenvalue weighted by atomic mass is 9.98. The number of hydrogen-bond donors (Lipinski definition) is 1. The Hall–Kier alpha value is -1.85. The van der Waals surface area contributed by atoms with Crippen molar-refractivity contribution in [3.05, 3.63) is 12.2 Å². The number of rotatable bonds is 8. The number of carbonyl (C=O) groups excluding carboxylic acids is 3. The van der Waals surface area contributed by atoms with Gasteiger partial charge in [0.25, 0.3) is 5.54 Å². The Morgan fingerprint density at radius 3 is 1.90 bits per heavy atom. The van der Waals surface area contributed by atoms with Crippen molar-refractivity contribution in [2.75, 3.05) is 13.2 Å². The average Bonchev–Trinajstić information content (AvgIpc) is 2.37. The van der Waals surface area contributed by atoms with Crippen LogP contribution in [0.2, 0.25) is 0 Å². The van der Waals surface area contributed by atoms with E-state index < -0.39 is 23.4 Å². The summed E-state index contributed by atoms with van der Waals surface area (Å²) in [6.45, 7) is 6.62. The lowest BCUT2D eigenvalue weighted by molar-refractivity contribution is -0.164. The number of hydrogen-bond acceptors (Lipinski definition) is 5. The Kier molecular flexibility index (Phi) is 8.27. The summed E-state index contributed by atoms with van der Waals surface area (Å²) in [6, 6.07) is 0. The SMILES string of the molecule is CCCC=CC(NC(C)=O)(C(=O)OCC)C(=O)OCC. The van der Waals surface area contributed by atoms with Crippen LogP contribution in [0.5, 0.6) is 0 Å². The highest BCUT2D eigenvalue weighted by molar-refractivity contribution is 6.10. The van der Waals surface area contributed by atoms with Gasteiger partial charge in [-0.05, 0) is 26.3 Å². The zero-order valence-corrected chi connectivity index (χ0v) is 12.5. The zero-order chi connectivity index (χ0) is 15.6. The second-order valence-corrected chi connectivity index (χ2v) is 4.12. The van der Waals surface area contributed by atoms with Crippen LogP contribution in [0.1, 0.15) is 40.5 Å². The number of allylic oxidation sites excluding steroid dienone is 1. The molecule has 0 aromatic carbocycles. The van der Waals surface area contributed by atoms with Crippen molar-refractivity contribution in [2.24, 2.45) is 0 Å². The number of esters is 2. The Bertz CT molecular complexity index is 358. The molecule has 0 aliphatic rings. The molecule has 6 heteroatoms. The molecule has 1 N–H and O–H groups in total. The first-order valence-electron chi connectivity index (χ1n) is 6.75. The van der Waals surface area contributed by atoms with E-state index in [1.54, 1.807) is 19.9 Å². The predicted molar refractivity (Wildman–Crippen MR) is 73.9 cm³/mol. The molecule has 0 heterocycles. The van der Waals surface area contributed by atoms with E-state index in [1.807, 2.05) is 6.92 Å². The third-order valence-corrected chi connectivity index (χ3v) is 2.39. The highest BCUT2D eigenvalue weighted by Gasteiger charge is 2.47. The van der Waals surface area contributed by atoms with Gasteiger partial charge in [-0.2, -0.15) is 0 Å². The maximum absolute atomic E-state index is 12.1. The number of amides is 1. The quantitative estimate of drug-likeness (QED) is 0.413. The molecule has 0 atom stereocenters. The standard InChI is InChI=1S/C14H23NO5/c1-5-8-9-10-14(15-11(4)16,12(17)19-6-2)13(18)20-7-3/h9-10H,5-8H2,1-4H3,(H,15,16). The van der Waals surface area contributed by atoms with Crippen molar-refractivity contribution >= 4 is 17.8 Å². The molecular weight excluding hydrogens is 262 g/mol. The van der Waals surface area contributed by atoms with Gasteiger partial charge in [-0.15, -0.1) is 0 Å². The lowest BCUT2D eigenvalue weighted by Gasteiger charge is -2.26. The fraction of sp³-hybridized carbons (Fsp3) is 0.643. The molecule has 6 nitrogen and oxygen atoms in total. The monoisotopic (exact) mass is 285 g/mol. The Morgan fingerprint density at radius 1 is 1.05 bits per heavy atom. The molecule has 0 aliphatic heterocycles. The molecule has 114 valence electrons. The van der Waals surface area contributed by atoms with Gasteiger partial charge in [0.15, 0.2) is 0 Å². The van der Waals surface area contributed by atoms with Crippen molar-refractivity contribution in [3.63, 3.8) is 0 Å². The van der Waals surface area contributed by atoms with Crippen molar-refractivity contribution in [3.8, 4) is 0 Å². The van der Waals surface area contributed by atoms with Crippen LogP contribution in [0.3, 0.4) is 0 Å². The minimum absolute atomic E-state index is 0.0984. The van der Waals surface area contributed by atoms with Crippen LogP contribution in [-0.2, 0) is 23.9 Å². The molecule has 0 rings (SSSR count). The fourth-order valence-electron chi connectivity index (χ4n) is 1.56. The highest BCUT2D eigenvalue weighted by Crippen LogP contribution is 2.14. The van der Waals surface area contributed by atoms with Crippen LogP contribution in [0, 0.1) is 0 Å². The first-order chi connectivity index (χ1) is 9.44. The summed E-state index contributed by atoms with van der Waals surface area (Å²) >= 11 is 0. The van der Waals surface area contributed by atoms with Crippen molar-refractivity contribution in [1.29, 1.82) is 0 Å². The summed E-state index contributed by atoms with van der Waals surface area (Å²) in [5.74, 6) is -2.21. The minimum atomic E-state index is -1.91. The normalized spacial score (nSPS) is 11.2. The summed E-state index contributed by atoms with van der Waals surface area (Å²) in [5, 5.41) is 2.35. The molecule has 0 aliphatic carbocycles. The molecule has 0 aromatic rings. The van der Waals surface area contributed by atoms with E-state index in [9.17, 15) is 14.4 Å². The Morgan fingerprint density at radius 2 is 1.55 bits per heavy atom. The first kappa shape index (κ1) is 18.1. The summed E-state index contributed by atoms with van der Waals surface area (Å²) in [7, 11) is 0. The molecule has 0 bridgehead atoms. The van der Waals surface area contributed by atoms with Crippen LogP contribution in [0.4, 0.5) is 0 Å². The lowest BCUT2D eigenvalue weighted by Crippen LogP contribution is -2.59.